The molecule has 1 N–H and O–H groups in total. The second-order valence-electron chi connectivity index (χ2n) is 3.94. The molecule has 1 aromatic heterocycles. The van der Waals surface area contributed by atoms with Crippen LogP contribution < -0.4 is 5.32 Å². The van der Waals surface area contributed by atoms with Gasteiger partial charge in [0.2, 0.25) is 0 Å². The second kappa shape index (κ2) is 5.63. The molecule has 0 unspecified atom stereocenters. The second-order valence-corrected chi connectivity index (χ2v) is 4.86. The maximum Gasteiger partial charge on any atom is 0.257 e. The third-order valence-electron chi connectivity index (χ3n) is 2.52. The summed E-state index contributed by atoms with van der Waals surface area (Å²) < 4.78 is 0.795. The Balaban J connectivity index is 2.26. The standard InChI is InChI=1S/C14H10BrN3O/c1-9-2-3-11(8-17-9)14(19)18-13-6-12(15)5-4-10(13)7-16/h2-6,8H,1H3,(H,18,19). The first kappa shape index (κ1) is 13.2. The van der Waals surface area contributed by atoms with E-state index in [1.165, 1.54) is 6.20 Å². The molecule has 0 bridgehead atoms. The number of hydrogen-bond acceptors (Lipinski definition) is 3. The first-order valence-electron chi connectivity index (χ1n) is 5.54. The number of carbonyl (C=O) groups is 1. The minimum atomic E-state index is -0.290. The molecule has 5 heteroatoms. The van der Waals surface area contributed by atoms with Crippen LogP contribution in [0.4, 0.5) is 5.69 Å². The Bertz CT molecular complexity index is 659. The minimum Gasteiger partial charge on any atom is -0.321 e. The van der Waals surface area contributed by atoms with Crippen molar-refractivity contribution in [3.8, 4) is 6.07 Å². The molecule has 0 radical (unpaired) electrons. The number of aromatic nitrogens is 1. The Labute approximate surface area is 119 Å². The lowest BCUT2D eigenvalue weighted by Gasteiger charge is -2.07. The number of nitrogens with one attached hydrogen (secondary N) is 1. The molecule has 2 aromatic rings. The summed E-state index contributed by atoms with van der Waals surface area (Å²) in [6.07, 6.45) is 1.51. The largest absolute Gasteiger partial charge is 0.321 e. The molecule has 0 saturated carbocycles. The van der Waals surface area contributed by atoms with Gasteiger partial charge in [-0.15, -0.1) is 0 Å². The van der Waals surface area contributed by atoms with Crippen molar-refractivity contribution in [3.05, 3.63) is 57.8 Å². The Morgan fingerprint density at radius 2 is 2.16 bits per heavy atom. The lowest BCUT2D eigenvalue weighted by Crippen LogP contribution is -2.13. The molecule has 0 spiro atoms. The van der Waals surface area contributed by atoms with Gasteiger partial charge in [0.15, 0.2) is 0 Å². The maximum atomic E-state index is 12.0. The molecule has 0 atom stereocenters. The monoisotopic (exact) mass is 315 g/mol. The fourth-order valence-corrected chi connectivity index (χ4v) is 1.88. The molecule has 2 rings (SSSR count). The van der Waals surface area contributed by atoms with Crippen molar-refractivity contribution in [2.75, 3.05) is 5.32 Å². The maximum absolute atomic E-state index is 12.0. The van der Waals surface area contributed by atoms with Crippen LogP contribution in [0.15, 0.2) is 41.0 Å². The van der Waals surface area contributed by atoms with Crippen molar-refractivity contribution in [1.82, 2.24) is 4.98 Å². The van der Waals surface area contributed by atoms with Crippen molar-refractivity contribution < 1.29 is 4.79 Å². The molecule has 0 aliphatic carbocycles. The molecular formula is C14H10BrN3O. The summed E-state index contributed by atoms with van der Waals surface area (Å²) in [5.74, 6) is -0.290. The van der Waals surface area contributed by atoms with Gasteiger partial charge < -0.3 is 5.32 Å². The van der Waals surface area contributed by atoms with Gasteiger partial charge in [-0.25, -0.2) is 0 Å². The third kappa shape index (κ3) is 3.18. The zero-order valence-corrected chi connectivity index (χ0v) is 11.7. The third-order valence-corrected chi connectivity index (χ3v) is 3.02. The summed E-state index contributed by atoms with van der Waals surface area (Å²) >= 11 is 3.31. The van der Waals surface area contributed by atoms with E-state index in [0.717, 1.165) is 10.2 Å². The Morgan fingerprint density at radius 1 is 1.37 bits per heavy atom. The zero-order valence-electron chi connectivity index (χ0n) is 10.1. The van der Waals surface area contributed by atoms with E-state index in [1.807, 2.05) is 13.0 Å². The van der Waals surface area contributed by atoms with Gasteiger partial charge in [0.05, 0.1) is 16.8 Å². The van der Waals surface area contributed by atoms with Gasteiger partial charge in [-0.05, 0) is 37.3 Å². The molecule has 1 aromatic carbocycles. The number of amides is 1. The summed E-state index contributed by atoms with van der Waals surface area (Å²) in [5.41, 5.74) is 2.19. The van der Waals surface area contributed by atoms with E-state index < -0.39 is 0 Å². The lowest BCUT2D eigenvalue weighted by atomic mass is 10.2. The fraction of sp³-hybridized carbons (Fsp3) is 0.0714. The number of pyridine rings is 1. The Morgan fingerprint density at radius 3 is 2.79 bits per heavy atom. The molecule has 0 saturated heterocycles. The number of aryl methyl sites for hydroxylation is 1. The molecule has 0 aliphatic rings. The first-order chi connectivity index (χ1) is 9.10. The number of halogens is 1. The van der Waals surface area contributed by atoms with Gasteiger partial charge in [0.1, 0.15) is 6.07 Å². The van der Waals surface area contributed by atoms with E-state index in [9.17, 15) is 4.79 Å². The normalized spacial score (nSPS) is 9.74. The lowest BCUT2D eigenvalue weighted by molar-refractivity contribution is 0.102. The van der Waals surface area contributed by atoms with Crippen LogP contribution in [0.1, 0.15) is 21.6 Å². The van der Waals surface area contributed by atoms with Crippen LogP contribution in [0.5, 0.6) is 0 Å². The predicted octanol–water partition coefficient (Wildman–Crippen LogP) is 3.28. The fourth-order valence-electron chi connectivity index (χ4n) is 1.51. The average molecular weight is 316 g/mol. The number of hydrogen-bond donors (Lipinski definition) is 1. The van der Waals surface area contributed by atoms with Crippen molar-refractivity contribution in [2.45, 2.75) is 6.92 Å². The highest BCUT2D eigenvalue weighted by Gasteiger charge is 2.09. The smallest absolute Gasteiger partial charge is 0.257 e. The number of benzene rings is 1. The molecule has 19 heavy (non-hydrogen) atoms. The summed E-state index contributed by atoms with van der Waals surface area (Å²) in [7, 11) is 0. The van der Waals surface area contributed by atoms with Crippen LogP contribution >= 0.6 is 15.9 Å². The quantitative estimate of drug-likeness (QED) is 0.924. The van der Waals surface area contributed by atoms with E-state index in [1.54, 1.807) is 30.3 Å². The van der Waals surface area contributed by atoms with Gasteiger partial charge in [-0.3, -0.25) is 9.78 Å². The molecule has 0 fully saturated rings. The highest BCUT2D eigenvalue weighted by molar-refractivity contribution is 9.10. The predicted molar refractivity (Wildman–Crippen MR) is 75.8 cm³/mol. The summed E-state index contributed by atoms with van der Waals surface area (Å²) in [6.45, 7) is 1.85. The van der Waals surface area contributed by atoms with Crippen molar-refractivity contribution in [1.29, 1.82) is 5.26 Å². The molecule has 0 aliphatic heterocycles. The van der Waals surface area contributed by atoms with Crippen LogP contribution in [0.25, 0.3) is 0 Å². The number of anilines is 1. The van der Waals surface area contributed by atoms with Crippen LogP contribution in [-0.4, -0.2) is 10.9 Å². The first-order valence-corrected chi connectivity index (χ1v) is 6.33. The van der Waals surface area contributed by atoms with Gasteiger partial charge in [-0.1, -0.05) is 15.9 Å². The van der Waals surface area contributed by atoms with Gasteiger partial charge >= 0.3 is 0 Å². The van der Waals surface area contributed by atoms with Crippen molar-refractivity contribution in [2.24, 2.45) is 0 Å². The van der Waals surface area contributed by atoms with Gasteiger partial charge in [0.25, 0.3) is 5.91 Å². The summed E-state index contributed by atoms with van der Waals surface area (Å²) in [4.78, 5) is 16.1. The molecule has 1 amide bonds. The van der Waals surface area contributed by atoms with Crippen molar-refractivity contribution in [3.63, 3.8) is 0 Å². The summed E-state index contributed by atoms with van der Waals surface area (Å²) in [6, 6.07) is 10.6. The highest BCUT2D eigenvalue weighted by Crippen LogP contribution is 2.21. The van der Waals surface area contributed by atoms with E-state index in [0.29, 0.717) is 16.8 Å². The Hall–Kier alpha value is -2.19. The van der Waals surface area contributed by atoms with E-state index >= 15 is 0 Å². The van der Waals surface area contributed by atoms with E-state index in [-0.39, 0.29) is 5.91 Å². The molecule has 4 nitrogen and oxygen atoms in total. The van der Waals surface area contributed by atoms with Crippen LogP contribution in [0.2, 0.25) is 0 Å². The number of carbonyl (C=O) groups excluding carboxylic acids is 1. The van der Waals surface area contributed by atoms with E-state index in [4.69, 9.17) is 5.26 Å². The topological polar surface area (TPSA) is 65.8 Å². The Kier molecular flexibility index (Phi) is 3.93. The number of nitriles is 1. The summed E-state index contributed by atoms with van der Waals surface area (Å²) in [5, 5.41) is 11.7. The highest BCUT2D eigenvalue weighted by atomic mass is 79.9. The molecular weight excluding hydrogens is 306 g/mol. The van der Waals surface area contributed by atoms with Gasteiger partial charge in [-0.2, -0.15) is 5.26 Å². The average Bonchev–Trinajstić information content (AvgIpc) is 2.39. The number of rotatable bonds is 2. The van der Waals surface area contributed by atoms with Crippen LogP contribution in [0.3, 0.4) is 0 Å². The molecule has 94 valence electrons. The van der Waals surface area contributed by atoms with Crippen LogP contribution in [0, 0.1) is 18.3 Å². The zero-order chi connectivity index (χ0) is 13.8. The number of nitrogens with zero attached hydrogens (tertiary/aromatic N) is 2. The van der Waals surface area contributed by atoms with Gasteiger partial charge in [0, 0.05) is 16.4 Å². The van der Waals surface area contributed by atoms with E-state index in [2.05, 4.69) is 26.2 Å². The SMILES string of the molecule is Cc1ccc(C(=O)Nc2cc(Br)ccc2C#N)cn1. The van der Waals surface area contributed by atoms with Crippen LogP contribution in [-0.2, 0) is 0 Å². The minimum absolute atomic E-state index is 0.290. The molecule has 1 heterocycles. The van der Waals surface area contributed by atoms with Crippen molar-refractivity contribution >= 4 is 27.5 Å².